The number of nitrogens with zero attached hydrogens (tertiary/aromatic N) is 1. The van der Waals surface area contributed by atoms with E-state index in [1.807, 2.05) is 4.90 Å². The van der Waals surface area contributed by atoms with Crippen LogP contribution in [0, 0.1) is 11.8 Å². The highest BCUT2D eigenvalue weighted by molar-refractivity contribution is 7.92. The zero-order chi connectivity index (χ0) is 24.9. The molecule has 2 aromatic carbocycles. The number of carbonyl (C=O) groups excluding carboxylic acids is 1. The monoisotopic (exact) mass is 488 g/mol. The zero-order valence-electron chi connectivity index (χ0n) is 19.8. The fraction of sp³-hybridized carbons (Fsp3) is 0.440. The van der Waals surface area contributed by atoms with Gasteiger partial charge in [0.15, 0.2) is 0 Å². The van der Waals surface area contributed by atoms with Crippen LogP contribution in [0.2, 0.25) is 0 Å². The molecule has 0 radical (unpaired) electrons. The summed E-state index contributed by atoms with van der Waals surface area (Å²) in [7, 11) is -3.97. The number of benzene rings is 2. The third-order valence-corrected chi connectivity index (χ3v) is 7.14. The van der Waals surface area contributed by atoms with Crippen molar-refractivity contribution in [2.45, 2.75) is 44.9 Å². The Kier molecular flexibility index (Phi) is 8.19. The third-order valence-electron chi connectivity index (χ3n) is 5.76. The summed E-state index contributed by atoms with van der Waals surface area (Å²) in [5.41, 5.74) is 1.48. The van der Waals surface area contributed by atoms with Gasteiger partial charge in [-0.15, -0.1) is 0 Å². The molecular weight excluding hydrogens is 456 g/mol. The minimum Gasteiger partial charge on any atom is -0.478 e. The van der Waals surface area contributed by atoms with Gasteiger partial charge in [-0.2, -0.15) is 0 Å². The molecule has 1 atom stereocenters. The molecule has 0 amide bonds. The Hall–Kier alpha value is -3.07. The lowest BCUT2D eigenvalue weighted by Gasteiger charge is -2.33. The van der Waals surface area contributed by atoms with Crippen molar-refractivity contribution < 1.29 is 27.9 Å². The molecule has 1 heterocycles. The standard InChI is InChI=1S/C25H32N2O6S/c1-4-33-25(30)19-6-5-13-27(16-19)20-9-12-23(22(15-20)24(28)29)26-34(31,32)21-10-7-18(8-11-21)14-17(2)3/h7-12,15,17,19,26H,4-6,13-14,16H2,1-3H3,(H,28,29)/t19-/m0/s1. The predicted molar refractivity (Wildman–Crippen MR) is 131 cm³/mol. The number of esters is 1. The molecule has 0 aliphatic carbocycles. The number of rotatable bonds is 9. The molecule has 184 valence electrons. The average Bonchev–Trinajstić information content (AvgIpc) is 2.79. The fourth-order valence-electron chi connectivity index (χ4n) is 4.14. The topological polar surface area (TPSA) is 113 Å². The molecule has 9 heteroatoms. The van der Waals surface area contributed by atoms with Gasteiger partial charge < -0.3 is 14.7 Å². The summed E-state index contributed by atoms with van der Waals surface area (Å²) in [6, 6.07) is 11.2. The predicted octanol–water partition coefficient (Wildman–Crippen LogP) is 4.16. The molecule has 8 nitrogen and oxygen atoms in total. The van der Waals surface area contributed by atoms with E-state index in [-0.39, 0.29) is 28.0 Å². The first-order valence-corrected chi connectivity index (χ1v) is 13.0. The van der Waals surface area contributed by atoms with Crippen molar-refractivity contribution in [2.75, 3.05) is 29.3 Å². The first-order valence-electron chi connectivity index (χ1n) is 11.5. The van der Waals surface area contributed by atoms with E-state index in [4.69, 9.17) is 4.74 Å². The minimum absolute atomic E-state index is 0.0125. The van der Waals surface area contributed by atoms with E-state index in [1.165, 1.54) is 24.3 Å². The van der Waals surface area contributed by atoms with Crippen LogP contribution in [-0.4, -0.2) is 45.2 Å². The fourth-order valence-corrected chi connectivity index (χ4v) is 5.22. The van der Waals surface area contributed by atoms with E-state index in [0.29, 0.717) is 31.3 Å². The Balaban J connectivity index is 1.81. The molecule has 0 spiro atoms. The number of carboxylic acid groups (broad SMARTS) is 1. The Morgan fingerprint density at radius 1 is 1.18 bits per heavy atom. The van der Waals surface area contributed by atoms with Gasteiger partial charge in [-0.05, 0) is 68.0 Å². The van der Waals surface area contributed by atoms with Gasteiger partial charge in [0.2, 0.25) is 0 Å². The Morgan fingerprint density at radius 3 is 2.50 bits per heavy atom. The maximum absolute atomic E-state index is 12.9. The normalized spacial score (nSPS) is 16.4. The first kappa shape index (κ1) is 25.6. The van der Waals surface area contributed by atoms with Crippen LogP contribution in [-0.2, 0) is 26.0 Å². The SMILES string of the molecule is CCOC(=O)[C@H]1CCCN(c2ccc(NS(=O)(=O)c3ccc(CC(C)C)cc3)c(C(=O)O)c2)C1. The van der Waals surface area contributed by atoms with Crippen molar-refractivity contribution in [3.63, 3.8) is 0 Å². The van der Waals surface area contributed by atoms with Crippen LogP contribution in [0.15, 0.2) is 47.4 Å². The largest absolute Gasteiger partial charge is 0.478 e. The van der Waals surface area contributed by atoms with Crippen molar-refractivity contribution in [2.24, 2.45) is 11.8 Å². The summed E-state index contributed by atoms with van der Waals surface area (Å²) in [6.45, 7) is 7.34. The third kappa shape index (κ3) is 6.28. The first-order chi connectivity index (χ1) is 16.1. The highest BCUT2D eigenvalue weighted by atomic mass is 32.2. The summed E-state index contributed by atoms with van der Waals surface area (Å²) in [4.78, 5) is 26.1. The maximum atomic E-state index is 12.9. The van der Waals surface area contributed by atoms with E-state index in [9.17, 15) is 23.1 Å². The van der Waals surface area contributed by atoms with Gasteiger partial charge in [0.05, 0.1) is 28.7 Å². The Labute approximate surface area is 201 Å². The number of ether oxygens (including phenoxy) is 1. The molecule has 2 aromatic rings. The van der Waals surface area contributed by atoms with Crippen LogP contribution < -0.4 is 9.62 Å². The van der Waals surface area contributed by atoms with E-state index in [2.05, 4.69) is 18.6 Å². The van der Waals surface area contributed by atoms with Gasteiger partial charge in [-0.1, -0.05) is 26.0 Å². The second-order valence-corrected chi connectivity index (χ2v) is 10.6. The summed E-state index contributed by atoms with van der Waals surface area (Å²) in [5.74, 6) is -1.33. The van der Waals surface area contributed by atoms with E-state index >= 15 is 0 Å². The van der Waals surface area contributed by atoms with Gasteiger partial charge in [0.25, 0.3) is 10.0 Å². The van der Waals surface area contributed by atoms with Gasteiger partial charge in [-0.3, -0.25) is 9.52 Å². The van der Waals surface area contributed by atoms with Gasteiger partial charge in [0.1, 0.15) is 0 Å². The van der Waals surface area contributed by atoms with Crippen LogP contribution in [0.5, 0.6) is 0 Å². The smallest absolute Gasteiger partial charge is 0.337 e. The van der Waals surface area contributed by atoms with Crippen LogP contribution >= 0.6 is 0 Å². The number of hydrogen-bond acceptors (Lipinski definition) is 6. The Morgan fingerprint density at radius 2 is 1.88 bits per heavy atom. The lowest BCUT2D eigenvalue weighted by Crippen LogP contribution is -2.39. The lowest BCUT2D eigenvalue weighted by atomic mass is 9.97. The van der Waals surface area contributed by atoms with E-state index < -0.39 is 16.0 Å². The minimum atomic E-state index is -3.97. The lowest BCUT2D eigenvalue weighted by molar-refractivity contribution is -0.148. The molecule has 34 heavy (non-hydrogen) atoms. The average molecular weight is 489 g/mol. The van der Waals surface area contributed by atoms with E-state index in [0.717, 1.165) is 24.8 Å². The molecule has 3 rings (SSSR count). The molecule has 0 bridgehead atoms. The molecule has 0 aromatic heterocycles. The molecule has 1 aliphatic rings. The zero-order valence-corrected chi connectivity index (χ0v) is 20.6. The number of piperidine rings is 1. The maximum Gasteiger partial charge on any atom is 0.337 e. The van der Waals surface area contributed by atoms with Crippen LogP contribution in [0.1, 0.15) is 49.5 Å². The number of hydrogen-bond donors (Lipinski definition) is 2. The number of anilines is 2. The number of aromatic carboxylic acids is 1. The second kappa shape index (κ2) is 10.9. The van der Waals surface area contributed by atoms with Crippen LogP contribution in [0.3, 0.4) is 0 Å². The number of sulfonamides is 1. The number of nitrogens with one attached hydrogen (secondary N) is 1. The highest BCUT2D eigenvalue weighted by Gasteiger charge is 2.28. The summed E-state index contributed by atoms with van der Waals surface area (Å²) >= 11 is 0. The molecule has 0 saturated carbocycles. The van der Waals surface area contributed by atoms with Crippen LogP contribution in [0.4, 0.5) is 11.4 Å². The van der Waals surface area contributed by atoms with Crippen molar-refractivity contribution in [1.82, 2.24) is 0 Å². The molecular formula is C25H32N2O6S. The molecule has 0 unspecified atom stereocenters. The van der Waals surface area contributed by atoms with Gasteiger partial charge >= 0.3 is 11.9 Å². The van der Waals surface area contributed by atoms with Gasteiger partial charge in [-0.25, -0.2) is 13.2 Å². The van der Waals surface area contributed by atoms with Crippen molar-refractivity contribution >= 4 is 33.3 Å². The molecule has 2 N–H and O–H groups in total. The molecule has 1 saturated heterocycles. The van der Waals surface area contributed by atoms with Crippen molar-refractivity contribution in [3.8, 4) is 0 Å². The summed E-state index contributed by atoms with van der Waals surface area (Å²) in [6.07, 6.45) is 2.33. The van der Waals surface area contributed by atoms with Crippen LogP contribution in [0.25, 0.3) is 0 Å². The Bertz CT molecular complexity index is 1130. The van der Waals surface area contributed by atoms with Crippen molar-refractivity contribution in [1.29, 1.82) is 0 Å². The molecule has 1 fully saturated rings. The van der Waals surface area contributed by atoms with E-state index in [1.54, 1.807) is 25.1 Å². The number of carboxylic acids is 1. The summed E-state index contributed by atoms with van der Waals surface area (Å²) in [5, 5.41) is 9.76. The van der Waals surface area contributed by atoms with Gasteiger partial charge in [0, 0.05) is 18.8 Å². The van der Waals surface area contributed by atoms with Crippen molar-refractivity contribution in [3.05, 3.63) is 53.6 Å². The molecule has 1 aliphatic heterocycles. The highest BCUT2D eigenvalue weighted by Crippen LogP contribution is 2.29. The summed E-state index contributed by atoms with van der Waals surface area (Å²) < 4.78 is 33.4. The number of carbonyl (C=O) groups is 2. The second-order valence-electron chi connectivity index (χ2n) is 8.92. The quantitative estimate of drug-likeness (QED) is 0.510.